The second kappa shape index (κ2) is 5.29. The third-order valence-corrected chi connectivity index (χ3v) is 3.88. The lowest BCUT2D eigenvalue weighted by atomic mass is 10.1. The van der Waals surface area contributed by atoms with E-state index in [4.69, 9.17) is 0 Å². The maximum Gasteiger partial charge on any atom is 0.280 e. The van der Waals surface area contributed by atoms with Crippen molar-refractivity contribution < 1.29 is 0 Å². The van der Waals surface area contributed by atoms with Gasteiger partial charge in [-0.15, -0.1) is 0 Å². The normalized spacial score (nSPS) is 12.5. The third kappa shape index (κ3) is 2.26. The van der Waals surface area contributed by atoms with Crippen LogP contribution in [0.25, 0.3) is 11.0 Å². The Morgan fingerprint density at radius 3 is 2.55 bits per heavy atom. The molecule has 6 heteroatoms. The monoisotopic (exact) mass is 297 g/mol. The number of fused-ring (bicyclic) bond motifs is 1. The highest BCUT2D eigenvalue weighted by Gasteiger charge is 2.16. The Morgan fingerprint density at radius 2 is 1.86 bits per heavy atom. The standard InChI is InChI=1S/C16H19N5O/c1-10(12-8-6-5-7-9-12)17-16-18-13-11(2)19-21(4)14(13)15(22)20(16)3/h5-10H,1-4H3,(H,17,18). The highest BCUT2D eigenvalue weighted by atomic mass is 16.1. The van der Waals surface area contributed by atoms with E-state index in [-0.39, 0.29) is 11.6 Å². The van der Waals surface area contributed by atoms with E-state index in [0.717, 1.165) is 11.3 Å². The van der Waals surface area contributed by atoms with E-state index in [0.29, 0.717) is 17.0 Å². The summed E-state index contributed by atoms with van der Waals surface area (Å²) in [6.07, 6.45) is 0. The van der Waals surface area contributed by atoms with Crippen molar-refractivity contribution in [2.75, 3.05) is 5.32 Å². The Morgan fingerprint density at radius 1 is 1.18 bits per heavy atom. The van der Waals surface area contributed by atoms with Crippen LogP contribution in [0.2, 0.25) is 0 Å². The summed E-state index contributed by atoms with van der Waals surface area (Å²) in [5.41, 5.74) is 2.97. The molecule has 0 fully saturated rings. The number of nitrogens with one attached hydrogen (secondary N) is 1. The van der Waals surface area contributed by atoms with Gasteiger partial charge in [0.1, 0.15) is 5.52 Å². The number of aromatic nitrogens is 4. The van der Waals surface area contributed by atoms with Crippen molar-refractivity contribution in [3.63, 3.8) is 0 Å². The van der Waals surface area contributed by atoms with E-state index in [2.05, 4.69) is 15.4 Å². The number of aryl methyl sites for hydroxylation is 2. The molecule has 2 heterocycles. The molecule has 0 bridgehead atoms. The SMILES string of the molecule is Cc1nn(C)c2c(=O)n(C)c(NC(C)c3ccccc3)nc12. The summed E-state index contributed by atoms with van der Waals surface area (Å²) in [4.78, 5) is 17.1. The van der Waals surface area contributed by atoms with Gasteiger partial charge in [0.2, 0.25) is 5.95 Å². The number of benzene rings is 1. The molecule has 0 radical (unpaired) electrons. The lowest BCUT2D eigenvalue weighted by Crippen LogP contribution is -2.24. The van der Waals surface area contributed by atoms with E-state index in [9.17, 15) is 4.79 Å². The van der Waals surface area contributed by atoms with Gasteiger partial charge in [0.05, 0.1) is 11.7 Å². The summed E-state index contributed by atoms with van der Waals surface area (Å²) in [7, 11) is 3.48. The van der Waals surface area contributed by atoms with Gasteiger partial charge in [-0.3, -0.25) is 14.0 Å². The quantitative estimate of drug-likeness (QED) is 0.804. The molecule has 0 amide bonds. The molecule has 2 aromatic heterocycles. The van der Waals surface area contributed by atoms with Crippen LogP contribution in [0.3, 0.4) is 0 Å². The minimum atomic E-state index is -0.101. The summed E-state index contributed by atoms with van der Waals surface area (Å²) >= 11 is 0. The number of rotatable bonds is 3. The lowest BCUT2D eigenvalue weighted by molar-refractivity contribution is 0.758. The van der Waals surface area contributed by atoms with E-state index in [1.54, 1.807) is 18.8 Å². The van der Waals surface area contributed by atoms with Gasteiger partial charge >= 0.3 is 0 Å². The molecule has 0 saturated heterocycles. The van der Waals surface area contributed by atoms with Gasteiger partial charge in [-0.2, -0.15) is 5.10 Å². The number of nitrogens with zero attached hydrogens (tertiary/aromatic N) is 4. The molecule has 1 atom stereocenters. The van der Waals surface area contributed by atoms with Crippen LogP contribution in [0, 0.1) is 6.92 Å². The maximum absolute atomic E-state index is 12.5. The molecule has 0 aliphatic heterocycles. The van der Waals surface area contributed by atoms with Crippen molar-refractivity contribution >= 4 is 17.0 Å². The molecule has 3 aromatic rings. The van der Waals surface area contributed by atoms with Crippen LogP contribution in [0.1, 0.15) is 24.2 Å². The average molecular weight is 297 g/mol. The first kappa shape index (κ1) is 14.3. The van der Waals surface area contributed by atoms with Crippen LogP contribution < -0.4 is 10.9 Å². The van der Waals surface area contributed by atoms with Crippen LogP contribution in [-0.2, 0) is 14.1 Å². The minimum Gasteiger partial charge on any atom is -0.349 e. The van der Waals surface area contributed by atoms with Crippen molar-refractivity contribution in [3.8, 4) is 0 Å². The molecular weight excluding hydrogens is 278 g/mol. The molecule has 0 aliphatic carbocycles. The Bertz CT molecular complexity index is 879. The smallest absolute Gasteiger partial charge is 0.280 e. The Kier molecular flexibility index (Phi) is 3.44. The molecule has 114 valence electrons. The predicted octanol–water partition coefficient (Wildman–Crippen LogP) is 2.15. The fourth-order valence-corrected chi connectivity index (χ4v) is 2.60. The van der Waals surface area contributed by atoms with Crippen molar-refractivity contribution in [1.82, 2.24) is 19.3 Å². The van der Waals surface area contributed by atoms with Crippen molar-refractivity contribution in [2.45, 2.75) is 19.9 Å². The van der Waals surface area contributed by atoms with E-state index < -0.39 is 0 Å². The fraction of sp³-hybridized carbons (Fsp3) is 0.312. The Labute approximate surface area is 128 Å². The number of hydrogen-bond donors (Lipinski definition) is 1. The van der Waals surface area contributed by atoms with E-state index in [1.165, 1.54) is 4.57 Å². The van der Waals surface area contributed by atoms with Crippen LogP contribution in [0.15, 0.2) is 35.1 Å². The van der Waals surface area contributed by atoms with E-state index in [1.807, 2.05) is 44.2 Å². The zero-order chi connectivity index (χ0) is 15.9. The highest BCUT2D eigenvalue weighted by molar-refractivity contribution is 5.77. The Balaban J connectivity index is 2.06. The lowest BCUT2D eigenvalue weighted by Gasteiger charge is -2.17. The highest BCUT2D eigenvalue weighted by Crippen LogP contribution is 2.19. The van der Waals surface area contributed by atoms with Gasteiger partial charge in [0, 0.05) is 14.1 Å². The molecule has 3 rings (SSSR count). The molecule has 1 N–H and O–H groups in total. The molecule has 0 spiro atoms. The average Bonchev–Trinajstić information content (AvgIpc) is 2.79. The van der Waals surface area contributed by atoms with Crippen LogP contribution in [0.4, 0.5) is 5.95 Å². The molecule has 1 aromatic carbocycles. The van der Waals surface area contributed by atoms with Crippen molar-refractivity contribution in [3.05, 3.63) is 51.9 Å². The molecule has 6 nitrogen and oxygen atoms in total. The van der Waals surface area contributed by atoms with Crippen LogP contribution in [-0.4, -0.2) is 19.3 Å². The summed E-state index contributed by atoms with van der Waals surface area (Å²) < 4.78 is 3.12. The van der Waals surface area contributed by atoms with Gasteiger partial charge in [0.25, 0.3) is 5.56 Å². The Hall–Kier alpha value is -2.63. The van der Waals surface area contributed by atoms with Crippen LogP contribution >= 0.6 is 0 Å². The predicted molar refractivity (Wildman–Crippen MR) is 87.0 cm³/mol. The number of hydrogen-bond acceptors (Lipinski definition) is 4. The first-order valence-corrected chi connectivity index (χ1v) is 7.21. The third-order valence-electron chi connectivity index (χ3n) is 3.88. The molecule has 1 unspecified atom stereocenters. The zero-order valence-corrected chi connectivity index (χ0v) is 13.2. The maximum atomic E-state index is 12.5. The topological polar surface area (TPSA) is 64.7 Å². The summed E-state index contributed by atoms with van der Waals surface area (Å²) in [5, 5.41) is 7.59. The summed E-state index contributed by atoms with van der Waals surface area (Å²) in [6, 6.07) is 10.1. The second-order valence-electron chi connectivity index (χ2n) is 5.48. The molecule has 22 heavy (non-hydrogen) atoms. The summed E-state index contributed by atoms with van der Waals surface area (Å²) in [6.45, 7) is 3.90. The second-order valence-corrected chi connectivity index (χ2v) is 5.48. The first-order valence-electron chi connectivity index (χ1n) is 7.21. The fourth-order valence-electron chi connectivity index (χ4n) is 2.60. The molecule has 0 saturated carbocycles. The summed E-state index contributed by atoms with van der Waals surface area (Å²) in [5.74, 6) is 0.546. The largest absolute Gasteiger partial charge is 0.349 e. The van der Waals surface area contributed by atoms with Gasteiger partial charge in [-0.1, -0.05) is 30.3 Å². The zero-order valence-electron chi connectivity index (χ0n) is 13.2. The van der Waals surface area contributed by atoms with Gasteiger partial charge in [-0.05, 0) is 19.4 Å². The van der Waals surface area contributed by atoms with Gasteiger partial charge in [0.15, 0.2) is 5.52 Å². The number of anilines is 1. The van der Waals surface area contributed by atoms with Gasteiger partial charge in [-0.25, -0.2) is 4.98 Å². The van der Waals surface area contributed by atoms with Crippen LogP contribution in [0.5, 0.6) is 0 Å². The molecular formula is C16H19N5O. The molecule has 0 aliphatic rings. The van der Waals surface area contributed by atoms with Crippen molar-refractivity contribution in [1.29, 1.82) is 0 Å². The van der Waals surface area contributed by atoms with Crippen molar-refractivity contribution in [2.24, 2.45) is 14.1 Å². The van der Waals surface area contributed by atoms with Gasteiger partial charge < -0.3 is 5.32 Å². The van der Waals surface area contributed by atoms with E-state index >= 15 is 0 Å². The minimum absolute atomic E-state index is 0.0497. The first-order chi connectivity index (χ1) is 10.5.